The van der Waals surface area contributed by atoms with Crippen LogP contribution in [0, 0.1) is 11.8 Å². The smallest absolute Gasteiger partial charge is 0.230 e. The normalized spacial score (nSPS) is 27.4. The maximum absolute atomic E-state index is 6.34. The van der Waals surface area contributed by atoms with Gasteiger partial charge in [0, 0.05) is 11.5 Å². The standard InChI is InChI=1S/C16H16Cl2N2O/c17-11-2-1-3-12(18)13(11)14-15(20-21-16(14)19)10-7-8-4-5-9(10)6-8/h1-3,8-10H,4-7,19H2. The molecular formula is C16H16Cl2N2O. The van der Waals surface area contributed by atoms with Crippen molar-refractivity contribution in [3.05, 3.63) is 33.9 Å². The Morgan fingerprint density at radius 1 is 1.10 bits per heavy atom. The van der Waals surface area contributed by atoms with Gasteiger partial charge in [-0.15, -0.1) is 0 Å². The molecule has 0 aliphatic heterocycles. The highest BCUT2D eigenvalue weighted by Gasteiger charge is 2.43. The molecule has 2 aliphatic carbocycles. The van der Waals surface area contributed by atoms with Crippen LogP contribution in [0.2, 0.25) is 10.0 Å². The SMILES string of the molecule is Nc1onc(C2CC3CCC2C3)c1-c1c(Cl)cccc1Cl. The summed E-state index contributed by atoms with van der Waals surface area (Å²) in [5.41, 5.74) is 8.51. The van der Waals surface area contributed by atoms with Gasteiger partial charge in [-0.05, 0) is 43.2 Å². The Balaban J connectivity index is 1.85. The zero-order chi connectivity index (χ0) is 14.6. The molecule has 0 saturated heterocycles. The molecule has 2 aromatic rings. The Hall–Kier alpha value is -1.19. The minimum Gasteiger partial charge on any atom is -0.367 e. The van der Waals surface area contributed by atoms with Gasteiger partial charge < -0.3 is 10.3 Å². The van der Waals surface area contributed by atoms with Crippen LogP contribution in [0.25, 0.3) is 11.1 Å². The van der Waals surface area contributed by atoms with Crippen LogP contribution in [0.1, 0.15) is 37.3 Å². The van der Waals surface area contributed by atoms with E-state index in [0.717, 1.165) is 22.7 Å². The van der Waals surface area contributed by atoms with Crippen LogP contribution in [0.3, 0.4) is 0 Å². The van der Waals surface area contributed by atoms with Crippen molar-refractivity contribution in [2.75, 3.05) is 5.73 Å². The van der Waals surface area contributed by atoms with Gasteiger partial charge in [0.25, 0.3) is 0 Å². The van der Waals surface area contributed by atoms with Crippen molar-refractivity contribution in [1.82, 2.24) is 5.16 Å². The van der Waals surface area contributed by atoms with Crippen molar-refractivity contribution in [1.29, 1.82) is 0 Å². The third-order valence-electron chi connectivity index (χ3n) is 5.05. The summed E-state index contributed by atoms with van der Waals surface area (Å²) in [6.07, 6.45) is 5.09. The highest BCUT2D eigenvalue weighted by Crippen LogP contribution is 2.55. The number of hydrogen-bond acceptors (Lipinski definition) is 3. The molecule has 2 bridgehead atoms. The minimum absolute atomic E-state index is 0.308. The summed E-state index contributed by atoms with van der Waals surface area (Å²) in [7, 11) is 0. The van der Waals surface area contributed by atoms with E-state index in [0.29, 0.717) is 27.8 Å². The zero-order valence-electron chi connectivity index (χ0n) is 11.5. The fraction of sp³-hybridized carbons (Fsp3) is 0.438. The molecule has 0 spiro atoms. The maximum Gasteiger partial charge on any atom is 0.230 e. The lowest BCUT2D eigenvalue weighted by Crippen LogP contribution is -2.10. The molecule has 4 rings (SSSR count). The van der Waals surface area contributed by atoms with Crippen LogP contribution in [-0.2, 0) is 0 Å². The number of nitrogen functional groups attached to an aromatic ring is 1. The van der Waals surface area contributed by atoms with Gasteiger partial charge in [-0.3, -0.25) is 0 Å². The number of aromatic nitrogens is 1. The first-order valence-electron chi connectivity index (χ1n) is 7.34. The van der Waals surface area contributed by atoms with E-state index in [9.17, 15) is 0 Å². The predicted molar refractivity (Wildman–Crippen MR) is 84.6 cm³/mol. The second kappa shape index (κ2) is 4.92. The second-order valence-corrected chi connectivity index (χ2v) is 7.00. The molecule has 3 unspecified atom stereocenters. The highest BCUT2D eigenvalue weighted by atomic mass is 35.5. The van der Waals surface area contributed by atoms with Crippen LogP contribution in [0.4, 0.5) is 5.88 Å². The lowest BCUT2D eigenvalue weighted by atomic mass is 9.84. The first-order chi connectivity index (χ1) is 10.1. The Morgan fingerprint density at radius 3 is 2.48 bits per heavy atom. The molecule has 1 aromatic carbocycles. The van der Waals surface area contributed by atoms with Gasteiger partial charge in [-0.1, -0.05) is 40.8 Å². The van der Waals surface area contributed by atoms with E-state index < -0.39 is 0 Å². The van der Waals surface area contributed by atoms with Gasteiger partial charge in [0.15, 0.2) is 0 Å². The molecule has 2 aliphatic rings. The van der Waals surface area contributed by atoms with E-state index in [1.165, 1.54) is 25.7 Å². The molecule has 5 heteroatoms. The van der Waals surface area contributed by atoms with E-state index in [4.69, 9.17) is 33.5 Å². The van der Waals surface area contributed by atoms with Crippen molar-refractivity contribution in [2.24, 2.45) is 11.8 Å². The van der Waals surface area contributed by atoms with E-state index in [-0.39, 0.29) is 0 Å². The van der Waals surface area contributed by atoms with Crippen LogP contribution >= 0.6 is 23.2 Å². The lowest BCUT2D eigenvalue weighted by Gasteiger charge is -2.20. The van der Waals surface area contributed by atoms with Gasteiger partial charge in [0.2, 0.25) is 5.88 Å². The molecule has 1 aromatic heterocycles. The number of nitrogens with zero attached hydrogens (tertiary/aromatic N) is 1. The molecule has 1 heterocycles. The second-order valence-electron chi connectivity index (χ2n) is 6.19. The van der Waals surface area contributed by atoms with Crippen molar-refractivity contribution >= 4 is 29.1 Å². The van der Waals surface area contributed by atoms with Crippen LogP contribution in [0.15, 0.2) is 22.7 Å². The summed E-state index contributed by atoms with van der Waals surface area (Å²) in [6.45, 7) is 0. The molecule has 0 radical (unpaired) electrons. The predicted octanol–water partition coefficient (Wildman–Crippen LogP) is 5.13. The number of nitrogens with two attached hydrogens (primary N) is 1. The monoisotopic (exact) mass is 322 g/mol. The summed E-state index contributed by atoms with van der Waals surface area (Å²) >= 11 is 12.7. The Kier molecular flexibility index (Phi) is 3.16. The van der Waals surface area contributed by atoms with E-state index in [1.54, 1.807) is 0 Å². The summed E-state index contributed by atoms with van der Waals surface area (Å²) in [5.74, 6) is 2.25. The van der Waals surface area contributed by atoms with Crippen molar-refractivity contribution in [3.63, 3.8) is 0 Å². The third-order valence-corrected chi connectivity index (χ3v) is 5.68. The highest BCUT2D eigenvalue weighted by molar-refractivity contribution is 6.39. The molecule has 3 nitrogen and oxygen atoms in total. The Morgan fingerprint density at radius 2 is 1.86 bits per heavy atom. The quantitative estimate of drug-likeness (QED) is 0.833. The zero-order valence-corrected chi connectivity index (χ0v) is 13.0. The van der Waals surface area contributed by atoms with Gasteiger partial charge in [-0.2, -0.15) is 0 Å². The summed E-state index contributed by atoms with van der Waals surface area (Å²) in [6, 6.07) is 5.47. The molecule has 2 fully saturated rings. The summed E-state index contributed by atoms with van der Waals surface area (Å²) in [4.78, 5) is 0. The number of fused-ring (bicyclic) bond motifs is 2. The fourth-order valence-electron chi connectivity index (χ4n) is 4.14. The van der Waals surface area contributed by atoms with Crippen molar-refractivity contribution < 1.29 is 4.52 Å². The average Bonchev–Trinajstić information content (AvgIpc) is 3.15. The van der Waals surface area contributed by atoms with Crippen LogP contribution in [-0.4, -0.2) is 5.16 Å². The van der Waals surface area contributed by atoms with Crippen molar-refractivity contribution in [2.45, 2.75) is 31.6 Å². The van der Waals surface area contributed by atoms with Gasteiger partial charge >= 0.3 is 0 Å². The molecule has 0 amide bonds. The van der Waals surface area contributed by atoms with Crippen LogP contribution < -0.4 is 5.73 Å². The molecule has 3 atom stereocenters. The molecular weight excluding hydrogens is 307 g/mol. The van der Waals surface area contributed by atoms with Gasteiger partial charge in [-0.25, -0.2) is 0 Å². The van der Waals surface area contributed by atoms with E-state index in [1.807, 2.05) is 18.2 Å². The van der Waals surface area contributed by atoms with E-state index in [2.05, 4.69) is 5.16 Å². The molecule has 110 valence electrons. The van der Waals surface area contributed by atoms with Gasteiger partial charge in [0.1, 0.15) is 0 Å². The summed E-state index contributed by atoms with van der Waals surface area (Å²) < 4.78 is 5.29. The molecule has 21 heavy (non-hydrogen) atoms. The topological polar surface area (TPSA) is 52.0 Å². The van der Waals surface area contributed by atoms with Crippen LogP contribution in [0.5, 0.6) is 0 Å². The number of hydrogen-bond donors (Lipinski definition) is 1. The summed E-state index contributed by atoms with van der Waals surface area (Å²) in [5, 5.41) is 5.43. The first kappa shape index (κ1) is 13.5. The number of rotatable bonds is 2. The number of anilines is 1. The fourth-order valence-corrected chi connectivity index (χ4v) is 4.72. The third kappa shape index (κ3) is 2.06. The molecule has 2 N–H and O–H groups in total. The number of benzene rings is 1. The van der Waals surface area contributed by atoms with E-state index >= 15 is 0 Å². The average molecular weight is 323 g/mol. The largest absolute Gasteiger partial charge is 0.367 e. The maximum atomic E-state index is 6.34. The van der Waals surface area contributed by atoms with Gasteiger partial charge in [0.05, 0.1) is 21.3 Å². The lowest BCUT2D eigenvalue weighted by molar-refractivity contribution is 0.375. The Labute approximate surface area is 133 Å². The van der Waals surface area contributed by atoms with Crippen molar-refractivity contribution in [3.8, 4) is 11.1 Å². The minimum atomic E-state index is 0.308. The molecule has 2 saturated carbocycles. The first-order valence-corrected chi connectivity index (χ1v) is 8.10. The number of halogens is 2. The Bertz CT molecular complexity index is 677.